The number of hydrogen-bond donors (Lipinski definition) is 1. The minimum atomic E-state index is -3.70. The monoisotopic (exact) mass is 391 g/mol. The second kappa shape index (κ2) is 7.93. The lowest BCUT2D eigenvalue weighted by Gasteiger charge is -2.28. The number of nitro benzene ring substituents is 1. The van der Waals surface area contributed by atoms with Crippen LogP contribution in [0.2, 0.25) is 0 Å². The van der Waals surface area contributed by atoms with Gasteiger partial charge in [0.1, 0.15) is 10.6 Å². The average molecular weight is 391 g/mol. The van der Waals surface area contributed by atoms with Gasteiger partial charge in [0.15, 0.2) is 9.84 Å². The van der Waals surface area contributed by atoms with Gasteiger partial charge in [-0.3, -0.25) is 10.1 Å². The molecule has 1 saturated heterocycles. The van der Waals surface area contributed by atoms with Crippen molar-refractivity contribution in [1.82, 2.24) is 0 Å². The molecule has 0 spiro atoms. The lowest BCUT2D eigenvalue weighted by molar-refractivity contribution is -0.386. The van der Waals surface area contributed by atoms with Crippen LogP contribution in [0.15, 0.2) is 47.4 Å². The fourth-order valence-electron chi connectivity index (χ4n) is 3.00. The summed E-state index contributed by atoms with van der Waals surface area (Å²) in [4.78, 5) is 12.7. The first-order valence-electron chi connectivity index (χ1n) is 8.49. The molecular weight excluding hydrogens is 370 g/mol. The van der Waals surface area contributed by atoms with E-state index in [1.165, 1.54) is 18.2 Å². The van der Waals surface area contributed by atoms with E-state index in [-0.39, 0.29) is 10.6 Å². The predicted octanol–water partition coefficient (Wildman–Crippen LogP) is 2.45. The van der Waals surface area contributed by atoms with Crippen molar-refractivity contribution in [2.24, 2.45) is 0 Å². The van der Waals surface area contributed by atoms with Crippen LogP contribution in [0, 0.1) is 10.1 Å². The zero-order chi connectivity index (χ0) is 19.4. The Morgan fingerprint density at radius 2 is 1.81 bits per heavy atom. The molecule has 9 heteroatoms. The highest BCUT2D eigenvalue weighted by atomic mass is 32.2. The smallest absolute Gasteiger partial charge is 0.310 e. The topological polar surface area (TPSA) is 102 Å². The largest absolute Gasteiger partial charge is 0.378 e. The summed E-state index contributed by atoms with van der Waals surface area (Å²) in [5.41, 5.74) is 1.79. The first-order chi connectivity index (χ1) is 12.9. The van der Waals surface area contributed by atoms with Gasteiger partial charge in [-0.15, -0.1) is 0 Å². The van der Waals surface area contributed by atoms with Crippen LogP contribution in [0.4, 0.5) is 17.1 Å². The number of sulfone groups is 1. The van der Waals surface area contributed by atoms with Crippen LogP contribution in [-0.4, -0.2) is 45.9 Å². The van der Waals surface area contributed by atoms with Gasteiger partial charge in [-0.05, 0) is 29.8 Å². The van der Waals surface area contributed by atoms with E-state index in [1.807, 2.05) is 24.3 Å². The average Bonchev–Trinajstić information content (AvgIpc) is 2.66. The molecule has 0 radical (unpaired) electrons. The highest BCUT2D eigenvalue weighted by Gasteiger charge is 2.25. The number of benzene rings is 2. The summed E-state index contributed by atoms with van der Waals surface area (Å²) in [6.07, 6.45) is 0.962. The van der Waals surface area contributed by atoms with Crippen molar-refractivity contribution in [2.45, 2.75) is 11.4 Å². The maximum absolute atomic E-state index is 11.8. The number of morpholine rings is 1. The zero-order valence-electron chi connectivity index (χ0n) is 14.9. The fraction of sp³-hybridized carbons (Fsp3) is 0.333. The molecule has 0 unspecified atom stereocenters. The molecule has 0 bridgehead atoms. The number of hydrogen-bond acceptors (Lipinski definition) is 7. The Labute approximate surface area is 157 Å². The van der Waals surface area contributed by atoms with Crippen molar-refractivity contribution in [1.29, 1.82) is 0 Å². The number of nitro groups is 1. The van der Waals surface area contributed by atoms with Gasteiger partial charge >= 0.3 is 5.69 Å². The second-order valence-corrected chi connectivity index (χ2v) is 8.29. The summed E-state index contributed by atoms with van der Waals surface area (Å²) in [7, 11) is -3.70. The molecule has 1 aliphatic heterocycles. The predicted molar refractivity (Wildman–Crippen MR) is 103 cm³/mol. The number of ether oxygens (including phenoxy) is 1. The van der Waals surface area contributed by atoms with E-state index in [9.17, 15) is 18.5 Å². The molecule has 0 amide bonds. The number of para-hydroxylation sites is 1. The molecule has 1 N–H and O–H groups in total. The van der Waals surface area contributed by atoms with Crippen molar-refractivity contribution >= 4 is 26.9 Å². The lowest BCUT2D eigenvalue weighted by Crippen LogP contribution is -2.36. The van der Waals surface area contributed by atoms with E-state index < -0.39 is 20.4 Å². The van der Waals surface area contributed by atoms with E-state index in [2.05, 4.69) is 10.2 Å². The molecule has 144 valence electrons. The Morgan fingerprint density at radius 3 is 2.41 bits per heavy atom. The standard InChI is InChI=1S/C18H21N3O5S/c1-27(24,25)17-4-2-3-16(18(17)21(22)23)19-13-14-5-7-15(8-6-14)20-9-11-26-12-10-20/h2-8,19H,9-13H2,1H3. The van der Waals surface area contributed by atoms with E-state index >= 15 is 0 Å². The molecule has 0 aliphatic carbocycles. The SMILES string of the molecule is CS(=O)(=O)c1cccc(NCc2ccc(N3CCOCC3)cc2)c1[N+](=O)[O-]. The number of rotatable bonds is 6. The summed E-state index contributed by atoms with van der Waals surface area (Å²) in [6, 6.07) is 12.2. The molecule has 2 aromatic rings. The van der Waals surface area contributed by atoms with E-state index in [4.69, 9.17) is 4.74 Å². The molecule has 1 aliphatic rings. The van der Waals surface area contributed by atoms with Crippen LogP contribution >= 0.6 is 0 Å². The summed E-state index contributed by atoms with van der Waals surface area (Å²) in [5.74, 6) is 0. The fourth-order valence-corrected chi connectivity index (χ4v) is 3.86. The van der Waals surface area contributed by atoms with Gasteiger partial charge in [-0.1, -0.05) is 18.2 Å². The molecule has 0 atom stereocenters. The van der Waals surface area contributed by atoms with Crippen molar-refractivity contribution in [3.8, 4) is 0 Å². The molecule has 1 heterocycles. The van der Waals surface area contributed by atoms with Gasteiger partial charge in [0, 0.05) is 31.6 Å². The summed E-state index contributed by atoms with van der Waals surface area (Å²) >= 11 is 0. The second-order valence-electron chi connectivity index (χ2n) is 6.30. The molecule has 0 saturated carbocycles. The molecule has 3 rings (SSSR count). The van der Waals surface area contributed by atoms with Gasteiger partial charge in [-0.2, -0.15) is 0 Å². The van der Waals surface area contributed by atoms with Gasteiger partial charge in [0.05, 0.1) is 18.1 Å². The molecule has 0 aromatic heterocycles. The van der Waals surface area contributed by atoms with Crippen molar-refractivity contribution in [3.63, 3.8) is 0 Å². The van der Waals surface area contributed by atoms with Gasteiger partial charge in [0.25, 0.3) is 0 Å². The first kappa shape index (κ1) is 19.1. The molecule has 1 fully saturated rings. The van der Waals surface area contributed by atoms with Crippen LogP contribution in [0.1, 0.15) is 5.56 Å². The van der Waals surface area contributed by atoms with Crippen LogP contribution in [0.3, 0.4) is 0 Å². The van der Waals surface area contributed by atoms with Crippen molar-refractivity contribution < 1.29 is 18.1 Å². The van der Waals surface area contributed by atoms with Crippen LogP contribution in [0.5, 0.6) is 0 Å². The van der Waals surface area contributed by atoms with Crippen LogP contribution < -0.4 is 10.2 Å². The van der Waals surface area contributed by atoms with E-state index in [0.717, 1.165) is 30.6 Å². The maximum Gasteiger partial charge on any atom is 0.310 e. The zero-order valence-corrected chi connectivity index (χ0v) is 15.7. The maximum atomic E-state index is 11.8. The minimum Gasteiger partial charge on any atom is -0.378 e. The van der Waals surface area contributed by atoms with E-state index in [1.54, 1.807) is 0 Å². The summed E-state index contributed by atoms with van der Waals surface area (Å²) in [6.45, 7) is 3.47. The Bertz CT molecular complexity index is 923. The highest BCUT2D eigenvalue weighted by Crippen LogP contribution is 2.32. The normalized spacial score (nSPS) is 14.8. The van der Waals surface area contributed by atoms with Crippen LogP contribution in [0.25, 0.3) is 0 Å². The Hall–Kier alpha value is -2.65. The Balaban J connectivity index is 1.76. The van der Waals surface area contributed by atoms with Crippen molar-refractivity contribution in [3.05, 3.63) is 58.1 Å². The lowest BCUT2D eigenvalue weighted by atomic mass is 10.1. The van der Waals surface area contributed by atoms with E-state index in [0.29, 0.717) is 19.8 Å². The quantitative estimate of drug-likeness (QED) is 0.596. The third kappa shape index (κ3) is 4.55. The Morgan fingerprint density at radius 1 is 1.15 bits per heavy atom. The van der Waals surface area contributed by atoms with Crippen LogP contribution in [-0.2, 0) is 21.1 Å². The third-order valence-corrected chi connectivity index (χ3v) is 5.50. The number of nitrogens with zero attached hydrogens (tertiary/aromatic N) is 2. The first-order valence-corrected chi connectivity index (χ1v) is 10.4. The highest BCUT2D eigenvalue weighted by molar-refractivity contribution is 7.90. The van der Waals surface area contributed by atoms with Crippen molar-refractivity contribution in [2.75, 3.05) is 42.8 Å². The minimum absolute atomic E-state index is 0.181. The molecule has 27 heavy (non-hydrogen) atoms. The summed E-state index contributed by atoms with van der Waals surface area (Å²) in [5, 5.41) is 14.4. The number of anilines is 2. The molecule has 2 aromatic carbocycles. The summed E-state index contributed by atoms with van der Waals surface area (Å²) < 4.78 is 29.0. The molecule has 8 nitrogen and oxygen atoms in total. The Kier molecular flexibility index (Phi) is 5.62. The van der Waals surface area contributed by atoms with Gasteiger partial charge < -0.3 is 15.0 Å². The third-order valence-electron chi connectivity index (χ3n) is 4.38. The molecular formula is C18H21N3O5S. The van der Waals surface area contributed by atoms with Gasteiger partial charge in [-0.25, -0.2) is 8.42 Å². The number of nitrogens with one attached hydrogen (secondary N) is 1. The van der Waals surface area contributed by atoms with Gasteiger partial charge in [0.2, 0.25) is 0 Å².